The van der Waals surface area contributed by atoms with Crippen LogP contribution < -0.4 is 0 Å². The molecular weight excluding hydrogens is 300 g/mol. The first-order chi connectivity index (χ1) is 10.9. The third kappa shape index (κ3) is 4.65. The van der Waals surface area contributed by atoms with Crippen LogP contribution in [0.2, 0.25) is 0 Å². The van der Waals surface area contributed by atoms with E-state index in [1.807, 2.05) is 38.0 Å². The van der Waals surface area contributed by atoms with E-state index in [1.165, 1.54) is 0 Å². The molecule has 0 aromatic carbocycles. The van der Waals surface area contributed by atoms with Gasteiger partial charge in [-0.1, -0.05) is 0 Å². The highest BCUT2D eigenvalue weighted by molar-refractivity contribution is 5.84. The van der Waals surface area contributed by atoms with E-state index >= 15 is 0 Å². The highest BCUT2D eigenvalue weighted by Gasteiger charge is 2.56. The van der Waals surface area contributed by atoms with Crippen LogP contribution in [0.15, 0.2) is 0 Å². The van der Waals surface area contributed by atoms with E-state index in [9.17, 15) is 9.59 Å². The summed E-state index contributed by atoms with van der Waals surface area (Å²) in [6.07, 6.45) is 1.19. The van der Waals surface area contributed by atoms with Gasteiger partial charge >= 0.3 is 11.9 Å². The monoisotopic (exact) mass is 328 g/mol. The molecule has 132 valence electrons. The summed E-state index contributed by atoms with van der Waals surface area (Å²) in [7, 11) is 7.66. The zero-order valence-electron chi connectivity index (χ0n) is 14.5. The molecule has 4 unspecified atom stereocenters. The van der Waals surface area contributed by atoms with Crippen molar-refractivity contribution in [1.82, 2.24) is 9.80 Å². The summed E-state index contributed by atoms with van der Waals surface area (Å²) < 4.78 is 16.4. The van der Waals surface area contributed by atoms with Gasteiger partial charge in [-0.2, -0.15) is 0 Å². The first-order valence-corrected chi connectivity index (χ1v) is 8.18. The summed E-state index contributed by atoms with van der Waals surface area (Å²) in [5.74, 6) is -1.73. The molecule has 2 rings (SSSR count). The molecule has 7 nitrogen and oxygen atoms in total. The van der Waals surface area contributed by atoms with Crippen molar-refractivity contribution in [2.45, 2.75) is 25.0 Å². The molecule has 7 heteroatoms. The molecule has 23 heavy (non-hydrogen) atoms. The Balaban J connectivity index is 1.91. The summed E-state index contributed by atoms with van der Waals surface area (Å²) >= 11 is 0. The maximum absolute atomic E-state index is 12.4. The Morgan fingerprint density at radius 3 is 1.61 bits per heavy atom. The van der Waals surface area contributed by atoms with Crippen LogP contribution in [-0.4, -0.2) is 88.4 Å². The average molecular weight is 328 g/mol. The van der Waals surface area contributed by atoms with E-state index in [-0.39, 0.29) is 24.1 Å². The Morgan fingerprint density at radius 1 is 0.870 bits per heavy atom. The molecule has 2 bridgehead atoms. The van der Waals surface area contributed by atoms with Gasteiger partial charge in [0.15, 0.2) is 0 Å². The largest absolute Gasteiger partial charge is 0.464 e. The van der Waals surface area contributed by atoms with Gasteiger partial charge in [-0.25, -0.2) is 0 Å². The van der Waals surface area contributed by atoms with E-state index in [1.54, 1.807) is 0 Å². The van der Waals surface area contributed by atoms with Crippen LogP contribution in [0, 0.1) is 11.8 Å². The second-order valence-corrected chi connectivity index (χ2v) is 6.78. The number of hydrogen-bond acceptors (Lipinski definition) is 7. The molecule has 0 saturated carbocycles. The summed E-state index contributed by atoms with van der Waals surface area (Å²) in [5.41, 5.74) is 0. The van der Waals surface area contributed by atoms with Gasteiger partial charge in [-0.15, -0.1) is 0 Å². The van der Waals surface area contributed by atoms with Gasteiger partial charge in [0.1, 0.15) is 13.2 Å². The Hall–Kier alpha value is -1.18. The second-order valence-electron chi connectivity index (χ2n) is 6.78. The molecule has 0 amide bonds. The molecule has 0 N–H and O–H groups in total. The normalized spacial score (nSPS) is 29.3. The molecule has 0 radical (unpaired) electrons. The van der Waals surface area contributed by atoms with Gasteiger partial charge in [0.25, 0.3) is 0 Å². The predicted octanol–water partition coefficient (Wildman–Crippen LogP) is -0.0104. The number of fused-ring (bicyclic) bond motifs is 2. The van der Waals surface area contributed by atoms with Crippen molar-refractivity contribution >= 4 is 11.9 Å². The van der Waals surface area contributed by atoms with Crippen LogP contribution in [0.1, 0.15) is 12.8 Å². The van der Waals surface area contributed by atoms with Crippen LogP contribution in [0.3, 0.4) is 0 Å². The number of carbonyl (C=O) groups excluding carboxylic acids is 2. The van der Waals surface area contributed by atoms with Crippen LogP contribution in [0.4, 0.5) is 0 Å². The number of carbonyl (C=O) groups is 2. The zero-order valence-corrected chi connectivity index (χ0v) is 14.5. The third-order valence-corrected chi connectivity index (χ3v) is 4.38. The highest BCUT2D eigenvalue weighted by Crippen LogP contribution is 2.44. The molecule has 0 aromatic rings. The lowest BCUT2D eigenvalue weighted by atomic mass is 9.79. The van der Waals surface area contributed by atoms with Gasteiger partial charge in [-0.3, -0.25) is 9.59 Å². The van der Waals surface area contributed by atoms with Crippen molar-refractivity contribution in [1.29, 1.82) is 0 Å². The van der Waals surface area contributed by atoms with E-state index in [0.29, 0.717) is 26.3 Å². The Labute approximate surface area is 137 Å². The fraction of sp³-hybridized carbons (Fsp3) is 0.875. The van der Waals surface area contributed by atoms with Gasteiger partial charge in [0, 0.05) is 13.1 Å². The minimum atomic E-state index is -0.525. The maximum atomic E-state index is 12.4. The molecule has 2 saturated heterocycles. The molecule has 0 spiro atoms. The predicted molar refractivity (Wildman–Crippen MR) is 83.9 cm³/mol. The summed E-state index contributed by atoms with van der Waals surface area (Å²) in [4.78, 5) is 28.6. The first kappa shape index (κ1) is 18.2. The lowest BCUT2D eigenvalue weighted by Gasteiger charge is -2.25. The minimum absolute atomic E-state index is 0.210. The molecule has 2 fully saturated rings. The smallest absolute Gasteiger partial charge is 0.312 e. The van der Waals surface area contributed by atoms with E-state index in [4.69, 9.17) is 14.2 Å². The second kappa shape index (κ2) is 8.08. The zero-order chi connectivity index (χ0) is 17.0. The van der Waals surface area contributed by atoms with Crippen LogP contribution in [0.25, 0.3) is 0 Å². The number of rotatable bonds is 8. The fourth-order valence-electron chi connectivity index (χ4n) is 3.13. The Kier molecular flexibility index (Phi) is 6.38. The number of nitrogens with zero attached hydrogens (tertiary/aromatic N) is 2. The lowest BCUT2D eigenvalue weighted by Crippen LogP contribution is -2.41. The summed E-state index contributed by atoms with van der Waals surface area (Å²) in [6, 6.07) is 0. The third-order valence-electron chi connectivity index (χ3n) is 4.38. The lowest BCUT2D eigenvalue weighted by molar-refractivity contribution is -0.161. The molecule has 0 aromatic heterocycles. The van der Waals surface area contributed by atoms with Crippen LogP contribution >= 0.6 is 0 Å². The van der Waals surface area contributed by atoms with Crippen molar-refractivity contribution in [2.75, 3.05) is 54.5 Å². The van der Waals surface area contributed by atoms with Gasteiger partial charge < -0.3 is 24.0 Å². The number of ether oxygens (including phenoxy) is 3. The SMILES string of the molecule is CN(C)CCOC(=O)C1C2CCC(O2)C1C(=O)OCCN(C)C. The molecule has 2 heterocycles. The topological polar surface area (TPSA) is 68.3 Å². The number of likely N-dealkylation sites (N-methyl/N-ethyl adjacent to an activating group) is 2. The van der Waals surface area contributed by atoms with Gasteiger partial charge in [0.05, 0.1) is 24.0 Å². The Bertz CT molecular complexity index is 389. The van der Waals surface area contributed by atoms with Crippen molar-refractivity contribution in [3.8, 4) is 0 Å². The molecule has 2 aliphatic rings. The van der Waals surface area contributed by atoms with E-state index < -0.39 is 11.8 Å². The first-order valence-electron chi connectivity index (χ1n) is 8.18. The molecule has 0 aliphatic carbocycles. The van der Waals surface area contributed by atoms with Crippen molar-refractivity contribution < 1.29 is 23.8 Å². The van der Waals surface area contributed by atoms with E-state index in [0.717, 1.165) is 12.8 Å². The van der Waals surface area contributed by atoms with Crippen LogP contribution in [-0.2, 0) is 23.8 Å². The molecular formula is C16H28N2O5. The number of esters is 2. The van der Waals surface area contributed by atoms with E-state index in [2.05, 4.69) is 0 Å². The minimum Gasteiger partial charge on any atom is -0.464 e. The highest BCUT2D eigenvalue weighted by atomic mass is 16.6. The number of hydrogen-bond donors (Lipinski definition) is 0. The molecule has 4 atom stereocenters. The van der Waals surface area contributed by atoms with Crippen molar-refractivity contribution in [3.63, 3.8) is 0 Å². The standard InChI is InChI=1S/C16H28N2O5/c1-17(2)7-9-21-15(19)13-11-5-6-12(23-11)14(13)16(20)22-10-8-18(3)4/h11-14H,5-10H2,1-4H3. The quantitative estimate of drug-likeness (QED) is 0.581. The van der Waals surface area contributed by atoms with Crippen molar-refractivity contribution in [3.05, 3.63) is 0 Å². The Morgan fingerprint density at radius 2 is 1.26 bits per heavy atom. The fourth-order valence-corrected chi connectivity index (χ4v) is 3.13. The van der Waals surface area contributed by atoms with Crippen LogP contribution in [0.5, 0.6) is 0 Å². The summed E-state index contributed by atoms with van der Waals surface area (Å²) in [6.45, 7) is 1.96. The van der Waals surface area contributed by atoms with Crippen molar-refractivity contribution in [2.24, 2.45) is 11.8 Å². The van der Waals surface area contributed by atoms with Gasteiger partial charge in [-0.05, 0) is 41.0 Å². The maximum Gasteiger partial charge on any atom is 0.312 e. The van der Waals surface area contributed by atoms with Gasteiger partial charge in [0.2, 0.25) is 0 Å². The average Bonchev–Trinajstić information content (AvgIpc) is 3.06. The molecule has 2 aliphatic heterocycles. The summed E-state index contributed by atoms with van der Waals surface area (Å²) in [5, 5.41) is 0.